The summed E-state index contributed by atoms with van der Waals surface area (Å²) >= 11 is 8.13. The van der Waals surface area contributed by atoms with E-state index in [4.69, 9.17) is 16.3 Å². The normalized spacial score (nSPS) is 13.9. The lowest BCUT2D eigenvalue weighted by atomic mass is 10.2. The Morgan fingerprint density at radius 2 is 1.80 bits per heavy atom. The zero-order valence-electron chi connectivity index (χ0n) is 18.9. The summed E-state index contributed by atoms with van der Waals surface area (Å²) in [5.41, 5.74) is 4.28. The quantitative estimate of drug-likeness (QED) is 0.326. The number of aryl methyl sites for hydroxylation is 1. The van der Waals surface area contributed by atoms with Gasteiger partial charge in [-0.25, -0.2) is 13.8 Å². The van der Waals surface area contributed by atoms with Crippen molar-refractivity contribution in [2.75, 3.05) is 22.4 Å². The van der Waals surface area contributed by atoms with Gasteiger partial charge in [0.25, 0.3) is 15.9 Å². The SMILES string of the molecule is Cc1ccc(S(=O)(=O)N(CC(=O)N/N=C/c2ccc(OC3CSC3)cc2)c2ccccc2Cl)cc1. The van der Waals surface area contributed by atoms with Crippen LogP contribution in [0.4, 0.5) is 5.69 Å². The lowest BCUT2D eigenvalue weighted by Gasteiger charge is -2.25. The van der Waals surface area contributed by atoms with Gasteiger partial charge in [0.15, 0.2) is 0 Å². The van der Waals surface area contributed by atoms with E-state index in [1.807, 2.05) is 43.0 Å². The largest absolute Gasteiger partial charge is 0.489 e. The van der Waals surface area contributed by atoms with Crippen LogP contribution in [-0.4, -0.2) is 44.7 Å². The predicted octanol–water partition coefficient (Wildman–Crippen LogP) is 4.49. The van der Waals surface area contributed by atoms with Crippen LogP contribution < -0.4 is 14.5 Å². The smallest absolute Gasteiger partial charge is 0.264 e. The van der Waals surface area contributed by atoms with E-state index in [1.165, 1.54) is 18.3 Å². The third-order valence-electron chi connectivity index (χ3n) is 5.21. The molecule has 7 nitrogen and oxygen atoms in total. The average molecular weight is 530 g/mol. The molecule has 0 aliphatic carbocycles. The molecule has 0 spiro atoms. The third kappa shape index (κ3) is 6.36. The minimum absolute atomic E-state index is 0.0575. The van der Waals surface area contributed by atoms with Crippen LogP contribution in [0.5, 0.6) is 5.75 Å². The zero-order valence-corrected chi connectivity index (χ0v) is 21.3. The van der Waals surface area contributed by atoms with Gasteiger partial charge < -0.3 is 4.74 Å². The molecule has 0 aromatic heterocycles. The molecule has 1 fully saturated rings. The Kier molecular flexibility index (Phi) is 8.00. The second kappa shape index (κ2) is 11.2. The number of nitrogens with zero attached hydrogens (tertiary/aromatic N) is 2. The molecule has 1 aliphatic heterocycles. The number of benzene rings is 3. The van der Waals surface area contributed by atoms with E-state index < -0.39 is 22.5 Å². The molecule has 1 aliphatic rings. The summed E-state index contributed by atoms with van der Waals surface area (Å²) in [6.07, 6.45) is 1.74. The van der Waals surface area contributed by atoms with Crippen molar-refractivity contribution < 1.29 is 17.9 Å². The first-order valence-corrected chi connectivity index (χ1v) is 13.8. The fourth-order valence-corrected chi connectivity index (χ4v) is 5.53. The Bertz CT molecular complexity index is 1310. The van der Waals surface area contributed by atoms with E-state index in [9.17, 15) is 13.2 Å². The topological polar surface area (TPSA) is 88.1 Å². The van der Waals surface area contributed by atoms with Gasteiger partial charge in [0.1, 0.15) is 18.4 Å². The molecule has 0 saturated carbocycles. The highest BCUT2D eigenvalue weighted by Gasteiger charge is 2.28. The number of hydrazone groups is 1. The highest BCUT2D eigenvalue weighted by molar-refractivity contribution is 8.00. The van der Waals surface area contributed by atoms with E-state index in [0.29, 0.717) is 0 Å². The van der Waals surface area contributed by atoms with Gasteiger partial charge in [-0.05, 0) is 61.0 Å². The second-order valence-electron chi connectivity index (χ2n) is 7.92. The molecule has 1 N–H and O–H groups in total. The molecular weight excluding hydrogens is 506 g/mol. The van der Waals surface area contributed by atoms with E-state index in [2.05, 4.69) is 10.5 Å². The fraction of sp³-hybridized carbons (Fsp3) is 0.200. The van der Waals surface area contributed by atoms with Crippen molar-refractivity contribution in [3.63, 3.8) is 0 Å². The molecule has 0 radical (unpaired) electrons. The highest BCUT2D eigenvalue weighted by atomic mass is 35.5. The first-order chi connectivity index (χ1) is 16.8. The summed E-state index contributed by atoms with van der Waals surface area (Å²) < 4.78 is 33.6. The average Bonchev–Trinajstić information content (AvgIpc) is 2.81. The molecule has 1 heterocycles. The molecular formula is C25H24ClN3O4S2. The number of ether oxygens (including phenoxy) is 1. The van der Waals surface area contributed by atoms with E-state index in [0.717, 1.165) is 32.7 Å². The molecule has 35 heavy (non-hydrogen) atoms. The van der Waals surface area contributed by atoms with Gasteiger partial charge in [-0.3, -0.25) is 9.10 Å². The Balaban J connectivity index is 1.46. The number of para-hydroxylation sites is 1. The first kappa shape index (κ1) is 25.1. The maximum atomic E-state index is 13.4. The van der Waals surface area contributed by atoms with Crippen LogP contribution in [0.25, 0.3) is 0 Å². The molecule has 0 bridgehead atoms. The molecule has 3 aromatic rings. The van der Waals surface area contributed by atoms with E-state index in [1.54, 1.807) is 36.4 Å². The van der Waals surface area contributed by atoms with Crippen molar-refractivity contribution in [3.8, 4) is 5.75 Å². The summed E-state index contributed by atoms with van der Waals surface area (Å²) in [5, 5.41) is 4.18. The Morgan fingerprint density at radius 3 is 2.43 bits per heavy atom. The first-order valence-electron chi connectivity index (χ1n) is 10.8. The molecule has 0 unspecified atom stereocenters. The second-order valence-corrected chi connectivity index (χ2v) is 11.3. The molecule has 10 heteroatoms. The van der Waals surface area contributed by atoms with Crippen molar-refractivity contribution in [2.24, 2.45) is 5.10 Å². The predicted molar refractivity (Wildman–Crippen MR) is 141 cm³/mol. The van der Waals surface area contributed by atoms with Crippen LogP contribution >= 0.6 is 23.4 Å². The Hall–Kier alpha value is -3.01. The number of hydrogen-bond donors (Lipinski definition) is 1. The molecule has 182 valence electrons. The van der Waals surface area contributed by atoms with Gasteiger partial charge >= 0.3 is 0 Å². The van der Waals surface area contributed by atoms with Crippen LogP contribution in [0.1, 0.15) is 11.1 Å². The van der Waals surface area contributed by atoms with Crippen molar-refractivity contribution in [1.82, 2.24) is 5.43 Å². The highest BCUT2D eigenvalue weighted by Crippen LogP contribution is 2.30. The lowest BCUT2D eigenvalue weighted by molar-refractivity contribution is -0.119. The number of halogens is 1. The van der Waals surface area contributed by atoms with Crippen molar-refractivity contribution >= 4 is 51.2 Å². The molecule has 4 rings (SSSR count). The van der Waals surface area contributed by atoms with Crippen molar-refractivity contribution in [1.29, 1.82) is 0 Å². The number of hydrogen-bond acceptors (Lipinski definition) is 6. The summed E-state index contributed by atoms with van der Waals surface area (Å²) in [4.78, 5) is 12.7. The minimum Gasteiger partial charge on any atom is -0.489 e. The number of carbonyl (C=O) groups is 1. The van der Waals surface area contributed by atoms with Gasteiger partial charge in [-0.15, -0.1) is 0 Å². The standard InChI is InChI=1S/C25H24ClN3O4S2/c1-18-6-12-22(13-7-18)35(31,32)29(24-5-3-2-4-23(24)26)15-25(30)28-27-14-19-8-10-20(11-9-19)33-21-16-34-17-21/h2-14,21H,15-17H2,1H3,(H,28,30)/b27-14+. The molecule has 1 amide bonds. The maximum absolute atomic E-state index is 13.4. The number of carbonyl (C=O) groups excluding carboxylic acids is 1. The van der Waals surface area contributed by atoms with Crippen LogP contribution in [0.15, 0.2) is 82.8 Å². The monoisotopic (exact) mass is 529 g/mol. The number of amides is 1. The van der Waals surface area contributed by atoms with Crippen molar-refractivity contribution in [2.45, 2.75) is 17.9 Å². The maximum Gasteiger partial charge on any atom is 0.264 e. The summed E-state index contributed by atoms with van der Waals surface area (Å²) in [5.74, 6) is 2.17. The number of thioether (sulfide) groups is 1. The number of rotatable bonds is 9. The van der Waals surface area contributed by atoms with E-state index >= 15 is 0 Å². The van der Waals surface area contributed by atoms with Gasteiger partial charge in [-0.2, -0.15) is 16.9 Å². The van der Waals surface area contributed by atoms with E-state index in [-0.39, 0.29) is 21.7 Å². The minimum atomic E-state index is -4.06. The van der Waals surface area contributed by atoms with Crippen LogP contribution in [0.3, 0.4) is 0 Å². The Labute approximate surface area is 214 Å². The van der Waals surface area contributed by atoms with Crippen LogP contribution in [-0.2, 0) is 14.8 Å². The van der Waals surface area contributed by atoms with Crippen LogP contribution in [0.2, 0.25) is 5.02 Å². The fourth-order valence-electron chi connectivity index (χ4n) is 3.24. The molecule has 3 aromatic carbocycles. The zero-order chi connectivity index (χ0) is 24.8. The van der Waals surface area contributed by atoms with Crippen molar-refractivity contribution in [3.05, 3.63) is 88.9 Å². The van der Waals surface area contributed by atoms with Gasteiger partial charge in [-0.1, -0.05) is 41.4 Å². The summed E-state index contributed by atoms with van der Waals surface area (Å²) in [7, 11) is -4.06. The lowest BCUT2D eigenvalue weighted by Crippen LogP contribution is -2.39. The van der Waals surface area contributed by atoms with Crippen LogP contribution in [0, 0.1) is 6.92 Å². The van der Waals surface area contributed by atoms with Gasteiger partial charge in [0.05, 0.1) is 21.8 Å². The number of nitrogens with one attached hydrogen (secondary N) is 1. The number of anilines is 1. The third-order valence-corrected chi connectivity index (χ3v) is 8.52. The van der Waals surface area contributed by atoms with Gasteiger partial charge in [0, 0.05) is 11.5 Å². The van der Waals surface area contributed by atoms with Gasteiger partial charge in [0.2, 0.25) is 0 Å². The molecule has 0 atom stereocenters. The summed E-state index contributed by atoms with van der Waals surface area (Å²) in [6.45, 7) is 1.37. The Morgan fingerprint density at radius 1 is 1.11 bits per heavy atom. The summed E-state index contributed by atoms with van der Waals surface area (Å²) in [6, 6.07) is 20.2. The number of sulfonamides is 1. The molecule has 1 saturated heterocycles.